The number of Topliss-reactive ketones (excluding diaryl/α,β-unsaturated/α-hetero) is 1. The highest BCUT2D eigenvalue weighted by molar-refractivity contribution is 9.10. The molecule has 0 aliphatic rings. The van der Waals surface area contributed by atoms with Gasteiger partial charge in [-0.3, -0.25) is 9.59 Å². The highest BCUT2D eigenvalue weighted by Crippen LogP contribution is 2.12. The molecule has 0 saturated carbocycles. The summed E-state index contributed by atoms with van der Waals surface area (Å²) in [5, 5.41) is 4.08. The molecule has 0 unspecified atom stereocenters. The van der Waals surface area contributed by atoms with Gasteiger partial charge in [0, 0.05) is 28.2 Å². The van der Waals surface area contributed by atoms with Crippen molar-refractivity contribution < 1.29 is 9.59 Å². The average molecular weight is 466 g/mol. The highest BCUT2D eigenvalue weighted by Gasteiger charge is 2.08. The molecular weight excluding hydrogens is 448 g/mol. The van der Waals surface area contributed by atoms with Crippen molar-refractivity contribution in [3.63, 3.8) is 0 Å². The second-order valence-electron chi connectivity index (χ2n) is 5.58. The van der Waals surface area contributed by atoms with Crippen molar-refractivity contribution in [2.75, 3.05) is 0 Å². The van der Waals surface area contributed by atoms with E-state index >= 15 is 0 Å². The van der Waals surface area contributed by atoms with Gasteiger partial charge in [-0.2, -0.15) is 5.10 Å². The highest BCUT2D eigenvalue weighted by atomic mass is 79.9. The first-order chi connectivity index (χ1) is 11.9. The average Bonchev–Trinajstić information content (AvgIpc) is 2.60. The second kappa shape index (κ2) is 9.63. The number of halogens is 2. The molecule has 2 aromatic carbocycles. The van der Waals surface area contributed by atoms with Crippen molar-refractivity contribution in [1.82, 2.24) is 5.43 Å². The second-order valence-corrected chi connectivity index (χ2v) is 7.41. The van der Waals surface area contributed by atoms with Crippen molar-refractivity contribution in [1.29, 1.82) is 0 Å². The van der Waals surface area contributed by atoms with Gasteiger partial charge in [0.05, 0.1) is 5.71 Å². The van der Waals surface area contributed by atoms with Crippen LogP contribution in [0.1, 0.15) is 30.9 Å². The first-order valence-electron chi connectivity index (χ1n) is 7.79. The fraction of sp³-hybridized carbons (Fsp3) is 0.211. The van der Waals surface area contributed by atoms with Crippen LogP contribution in [-0.2, 0) is 16.0 Å². The molecule has 0 spiro atoms. The largest absolute Gasteiger partial charge is 0.299 e. The minimum Gasteiger partial charge on any atom is -0.299 e. The van der Waals surface area contributed by atoms with Crippen LogP contribution in [0.15, 0.2) is 62.6 Å². The summed E-state index contributed by atoms with van der Waals surface area (Å²) < 4.78 is 1.96. The molecule has 1 amide bonds. The number of benzene rings is 2. The van der Waals surface area contributed by atoms with Gasteiger partial charge >= 0.3 is 0 Å². The van der Waals surface area contributed by atoms with Crippen LogP contribution >= 0.6 is 31.9 Å². The third-order valence-corrected chi connectivity index (χ3v) is 4.61. The number of carbonyl (C=O) groups is 2. The number of nitrogens with zero attached hydrogens (tertiary/aromatic N) is 1. The van der Waals surface area contributed by atoms with E-state index in [4.69, 9.17) is 0 Å². The first-order valence-corrected chi connectivity index (χ1v) is 9.38. The summed E-state index contributed by atoms with van der Waals surface area (Å²) in [6.45, 7) is 1.82. The molecule has 0 aliphatic heterocycles. The molecule has 4 nitrogen and oxygen atoms in total. The van der Waals surface area contributed by atoms with Crippen molar-refractivity contribution in [2.24, 2.45) is 5.10 Å². The molecule has 6 heteroatoms. The molecule has 2 aromatic rings. The summed E-state index contributed by atoms with van der Waals surface area (Å²) in [5.74, 6) is -0.230. The van der Waals surface area contributed by atoms with E-state index in [-0.39, 0.29) is 24.5 Å². The molecule has 1 N–H and O–H groups in total. The van der Waals surface area contributed by atoms with Gasteiger partial charge in [0.1, 0.15) is 5.78 Å². The predicted molar refractivity (Wildman–Crippen MR) is 107 cm³/mol. The predicted octanol–water partition coefficient (Wildman–Crippen LogP) is 4.64. The standard InChI is InChI=1S/C19H18Br2N2O2/c1-13(15-4-8-17(21)9-5-15)22-23-19(25)11-10-18(24)12-14-2-6-16(20)7-3-14/h2-9H,10-12H2,1H3,(H,23,25)/b22-13-. The van der Waals surface area contributed by atoms with Crippen LogP contribution in [0.5, 0.6) is 0 Å². The lowest BCUT2D eigenvalue weighted by Crippen LogP contribution is -2.20. The van der Waals surface area contributed by atoms with E-state index in [0.717, 1.165) is 20.1 Å². The molecular formula is C19H18Br2N2O2. The Morgan fingerprint density at radius 3 is 2.08 bits per heavy atom. The Morgan fingerprint density at radius 1 is 0.920 bits per heavy atom. The molecule has 0 aliphatic carbocycles. The summed E-state index contributed by atoms with van der Waals surface area (Å²) in [5.41, 5.74) is 5.08. The summed E-state index contributed by atoms with van der Waals surface area (Å²) in [6.07, 6.45) is 0.670. The molecule has 0 fully saturated rings. The van der Waals surface area contributed by atoms with Crippen molar-refractivity contribution in [2.45, 2.75) is 26.2 Å². The van der Waals surface area contributed by atoms with E-state index in [1.54, 1.807) is 0 Å². The number of nitrogens with one attached hydrogen (secondary N) is 1. The lowest BCUT2D eigenvalue weighted by molar-refractivity contribution is -0.125. The minimum absolute atomic E-state index is 0.0334. The van der Waals surface area contributed by atoms with Crippen LogP contribution < -0.4 is 5.43 Å². The van der Waals surface area contributed by atoms with Crippen molar-refractivity contribution in [3.05, 3.63) is 68.6 Å². The van der Waals surface area contributed by atoms with Crippen LogP contribution in [-0.4, -0.2) is 17.4 Å². The van der Waals surface area contributed by atoms with Gasteiger partial charge in [0.25, 0.3) is 0 Å². The summed E-state index contributed by atoms with van der Waals surface area (Å²) in [4.78, 5) is 23.8. The zero-order chi connectivity index (χ0) is 18.2. The lowest BCUT2D eigenvalue weighted by atomic mass is 10.1. The third kappa shape index (κ3) is 6.92. The van der Waals surface area contributed by atoms with Crippen LogP contribution in [0.2, 0.25) is 0 Å². The van der Waals surface area contributed by atoms with Crippen LogP contribution in [0.4, 0.5) is 0 Å². The summed E-state index contributed by atoms with van der Waals surface area (Å²) in [7, 11) is 0. The van der Waals surface area contributed by atoms with Gasteiger partial charge in [-0.25, -0.2) is 5.43 Å². The lowest BCUT2D eigenvalue weighted by Gasteiger charge is -2.04. The molecule has 0 radical (unpaired) electrons. The normalized spacial score (nSPS) is 11.2. The van der Waals surface area contributed by atoms with Gasteiger partial charge in [0.2, 0.25) is 5.91 Å². The van der Waals surface area contributed by atoms with E-state index in [2.05, 4.69) is 42.4 Å². The monoisotopic (exact) mass is 464 g/mol. The Kier molecular flexibility index (Phi) is 7.52. The Hall–Kier alpha value is -1.79. The summed E-state index contributed by atoms with van der Waals surface area (Å²) in [6, 6.07) is 15.2. The third-order valence-electron chi connectivity index (χ3n) is 3.56. The molecule has 0 atom stereocenters. The Morgan fingerprint density at radius 2 is 1.48 bits per heavy atom. The molecule has 0 heterocycles. The zero-order valence-corrected chi connectivity index (χ0v) is 16.9. The van der Waals surface area contributed by atoms with Crippen molar-refractivity contribution in [3.8, 4) is 0 Å². The molecule has 0 bridgehead atoms. The fourth-order valence-corrected chi connectivity index (χ4v) is 2.66. The Bertz CT molecular complexity index is 769. The zero-order valence-electron chi connectivity index (χ0n) is 13.8. The Balaban J connectivity index is 1.77. The molecule has 25 heavy (non-hydrogen) atoms. The Labute approximate surface area is 164 Å². The number of ketones is 1. The SMILES string of the molecule is C/C(=N/NC(=O)CCC(=O)Cc1ccc(Br)cc1)c1ccc(Br)cc1. The van der Waals surface area contributed by atoms with Gasteiger partial charge < -0.3 is 0 Å². The van der Waals surface area contributed by atoms with E-state index < -0.39 is 0 Å². The number of amides is 1. The maximum atomic E-state index is 12.0. The maximum Gasteiger partial charge on any atom is 0.240 e. The molecule has 130 valence electrons. The number of rotatable bonds is 7. The maximum absolute atomic E-state index is 12.0. The van der Waals surface area contributed by atoms with Gasteiger partial charge in [-0.15, -0.1) is 0 Å². The fourth-order valence-electron chi connectivity index (χ4n) is 2.13. The molecule has 0 aromatic heterocycles. The molecule has 2 rings (SSSR count). The molecule has 0 saturated heterocycles. The number of hydrogen-bond donors (Lipinski definition) is 1. The van der Waals surface area contributed by atoms with Crippen LogP contribution in [0.3, 0.4) is 0 Å². The van der Waals surface area contributed by atoms with Gasteiger partial charge in [-0.05, 0) is 42.3 Å². The number of carbonyl (C=O) groups excluding carboxylic acids is 2. The van der Waals surface area contributed by atoms with E-state index in [9.17, 15) is 9.59 Å². The van der Waals surface area contributed by atoms with Gasteiger partial charge in [0.15, 0.2) is 0 Å². The van der Waals surface area contributed by atoms with Crippen LogP contribution in [0.25, 0.3) is 0 Å². The number of hydrogen-bond acceptors (Lipinski definition) is 3. The van der Waals surface area contributed by atoms with E-state index in [0.29, 0.717) is 12.1 Å². The quantitative estimate of drug-likeness (QED) is 0.478. The van der Waals surface area contributed by atoms with Gasteiger partial charge in [-0.1, -0.05) is 56.1 Å². The van der Waals surface area contributed by atoms with E-state index in [1.165, 1.54) is 0 Å². The summed E-state index contributed by atoms with van der Waals surface area (Å²) >= 11 is 6.73. The van der Waals surface area contributed by atoms with Crippen LogP contribution in [0, 0.1) is 0 Å². The van der Waals surface area contributed by atoms with Crippen molar-refractivity contribution >= 4 is 49.3 Å². The smallest absolute Gasteiger partial charge is 0.240 e. The van der Waals surface area contributed by atoms with E-state index in [1.807, 2.05) is 55.5 Å². The topological polar surface area (TPSA) is 58.5 Å². The minimum atomic E-state index is -0.263. The number of hydrazone groups is 1. The first kappa shape index (κ1) is 19.5.